The SMILES string of the molecule is Cc1ccc(N(c2ccc(C)cc2)c2ccc3cc(C)ccc3c2)cc1.Cc1ccc(N(c2cccc(-c3ccccc3)c2)c2cccc(-c3ccccc3)c2)cc1.Cc1ccc(N(c2ccccc2)c2cccc(-c3ccccc3)c2)cc1.Cc1ccc2cc(N(c3ccc(-c4ccccc4)cc3)c3ccc(-c4ccccc4)cc3)ccc2c1. The summed E-state index contributed by atoms with van der Waals surface area (Å²) in [7, 11) is 0. The predicted molar refractivity (Wildman–Crippen MR) is 515 cm³/mol. The standard InChI is InChI=1S/C35H27N.C31H25N.C25H23N.C25H21N/c1-26-12-13-32-25-35(23-18-31(32)24-26)36(33-19-14-29(15-20-33)27-8-4-2-5-9-27)34-21-16-30(17-22-34)28-10-6-3-7-11-28;1-24-18-20-29(21-19-24)32(30-16-8-14-27(22-30)25-10-4-2-5-11-25)31-17-9-15-28(23-31)26-12-6-3-7-13-26;1-18-5-11-23(12-6-18)26(24-13-7-19(2)8-14-24)25-15-10-21-16-20(3)4-9-22(21)17-25;1-20-15-17-24(18-16-20)26(23-12-6-3-7-13-23)25-14-8-11-22(19-25)21-9-4-2-5-10-21/h2-25H,1H3;2-23H,1H3;4-17H,1-3H3;2-19H,1H3. The van der Waals surface area contributed by atoms with Gasteiger partial charge in [0.15, 0.2) is 0 Å². The minimum atomic E-state index is 1.13. The summed E-state index contributed by atoms with van der Waals surface area (Å²) < 4.78 is 0. The maximum Gasteiger partial charge on any atom is 0.0468 e. The van der Waals surface area contributed by atoms with Crippen LogP contribution in [0.4, 0.5) is 68.2 Å². The topological polar surface area (TPSA) is 13.0 Å². The van der Waals surface area contributed by atoms with Gasteiger partial charge in [0.2, 0.25) is 0 Å². The van der Waals surface area contributed by atoms with E-state index < -0.39 is 0 Å². The lowest BCUT2D eigenvalue weighted by molar-refractivity contribution is 1.27. The first kappa shape index (κ1) is 78.8. The molecule has 0 fully saturated rings. The number of hydrogen-bond donors (Lipinski definition) is 0. The van der Waals surface area contributed by atoms with Gasteiger partial charge in [0, 0.05) is 68.2 Å². The van der Waals surface area contributed by atoms with Crippen LogP contribution in [-0.4, -0.2) is 0 Å². The van der Waals surface area contributed by atoms with Gasteiger partial charge in [-0.25, -0.2) is 0 Å². The fourth-order valence-electron chi connectivity index (χ4n) is 15.4. The Morgan fingerprint density at radius 3 is 0.550 bits per heavy atom. The Morgan fingerprint density at radius 1 is 0.108 bits per heavy atom. The molecule has 0 radical (unpaired) electrons. The highest BCUT2D eigenvalue weighted by Crippen LogP contribution is 2.43. The molecule has 0 aliphatic rings. The molecule has 0 heterocycles. The molecule has 0 bridgehead atoms. The van der Waals surface area contributed by atoms with E-state index in [2.05, 4.69) is 534 Å². The number of para-hydroxylation sites is 1. The van der Waals surface area contributed by atoms with Crippen LogP contribution in [0.2, 0.25) is 0 Å². The van der Waals surface area contributed by atoms with Gasteiger partial charge in [-0.1, -0.05) is 361 Å². The third kappa shape index (κ3) is 19.4. The van der Waals surface area contributed by atoms with Crippen molar-refractivity contribution in [2.45, 2.75) is 41.5 Å². The minimum absolute atomic E-state index is 1.13. The molecule has 0 N–H and O–H groups in total. The molecule has 580 valence electrons. The molecule has 19 aromatic carbocycles. The lowest BCUT2D eigenvalue weighted by Gasteiger charge is -2.26. The molecule has 0 saturated carbocycles. The molecule has 0 amide bonds. The van der Waals surface area contributed by atoms with Gasteiger partial charge in [-0.3, -0.25) is 0 Å². The molecule has 19 rings (SSSR count). The Kier molecular flexibility index (Phi) is 24.7. The molecule has 120 heavy (non-hydrogen) atoms. The maximum atomic E-state index is 2.34. The molecule has 4 nitrogen and oxygen atoms in total. The van der Waals surface area contributed by atoms with Gasteiger partial charge < -0.3 is 19.6 Å². The number of rotatable bonds is 17. The van der Waals surface area contributed by atoms with Gasteiger partial charge in [-0.15, -0.1) is 0 Å². The molecule has 0 aliphatic carbocycles. The number of hydrogen-bond acceptors (Lipinski definition) is 4. The van der Waals surface area contributed by atoms with Gasteiger partial charge in [-0.05, 0) is 264 Å². The molecule has 4 heteroatoms. The average molecular weight is 1550 g/mol. The van der Waals surface area contributed by atoms with E-state index in [1.54, 1.807) is 0 Å². The third-order valence-electron chi connectivity index (χ3n) is 21.8. The quantitative estimate of drug-likeness (QED) is 0.0901. The lowest BCUT2D eigenvalue weighted by atomic mass is 10.0. The van der Waals surface area contributed by atoms with Gasteiger partial charge in [-0.2, -0.15) is 0 Å². The van der Waals surface area contributed by atoms with Crippen molar-refractivity contribution < 1.29 is 0 Å². The van der Waals surface area contributed by atoms with Crippen molar-refractivity contribution in [3.8, 4) is 55.6 Å². The largest absolute Gasteiger partial charge is 0.310 e. The summed E-state index contributed by atoms with van der Waals surface area (Å²) in [6, 6.07) is 169. The van der Waals surface area contributed by atoms with E-state index in [0.29, 0.717) is 0 Å². The first-order chi connectivity index (χ1) is 58.9. The van der Waals surface area contributed by atoms with Crippen molar-refractivity contribution in [2.75, 3.05) is 19.6 Å². The van der Waals surface area contributed by atoms with Gasteiger partial charge in [0.25, 0.3) is 0 Å². The summed E-state index contributed by atoms with van der Waals surface area (Å²) in [6.07, 6.45) is 0. The zero-order valence-electron chi connectivity index (χ0n) is 68.8. The monoisotopic (exact) mass is 1540 g/mol. The van der Waals surface area contributed by atoms with E-state index in [0.717, 1.165) is 51.2 Å². The van der Waals surface area contributed by atoms with Gasteiger partial charge in [0.05, 0.1) is 0 Å². The highest BCUT2D eigenvalue weighted by atomic mass is 15.2. The van der Waals surface area contributed by atoms with Gasteiger partial charge >= 0.3 is 0 Å². The number of nitrogens with zero attached hydrogens (tertiary/aromatic N) is 4. The highest BCUT2D eigenvalue weighted by Gasteiger charge is 2.19. The molecule has 0 aliphatic heterocycles. The van der Waals surface area contributed by atoms with Crippen LogP contribution in [-0.2, 0) is 0 Å². The Morgan fingerprint density at radius 2 is 0.275 bits per heavy atom. The van der Waals surface area contributed by atoms with Gasteiger partial charge in [0.1, 0.15) is 0 Å². The second-order valence-corrected chi connectivity index (χ2v) is 30.7. The molecule has 0 aromatic heterocycles. The first-order valence-electron chi connectivity index (χ1n) is 41.2. The molecule has 0 atom stereocenters. The Balaban J connectivity index is 0.000000120. The summed E-state index contributed by atoms with van der Waals surface area (Å²) in [5.41, 5.74) is 33.6. The van der Waals surface area contributed by atoms with Crippen LogP contribution < -0.4 is 19.6 Å². The fraction of sp³-hybridized carbons (Fsp3) is 0.0517. The Labute approximate surface area is 708 Å². The summed E-state index contributed by atoms with van der Waals surface area (Å²) in [5.74, 6) is 0. The molecular formula is C116H96N4. The van der Waals surface area contributed by atoms with E-state index >= 15 is 0 Å². The smallest absolute Gasteiger partial charge is 0.0468 e. The predicted octanol–water partition coefficient (Wildman–Crippen LogP) is 33.1. The van der Waals surface area contributed by atoms with Crippen molar-refractivity contribution in [1.29, 1.82) is 0 Å². The van der Waals surface area contributed by atoms with E-state index in [4.69, 9.17) is 0 Å². The van der Waals surface area contributed by atoms with Crippen molar-refractivity contribution in [2.24, 2.45) is 0 Å². The van der Waals surface area contributed by atoms with Crippen molar-refractivity contribution in [1.82, 2.24) is 0 Å². The summed E-state index contributed by atoms with van der Waals surface area (Å²) >= 11 is 0. The zero-order valence-corrected chi connectivity index (χ0v) is 68.8. The van der Waals surface area contributed by atoms with Crippen LogP contribution in [0, 0.1) is 41.5 Å². The summed E-state index contributed by atoms with van der Waals surface area (Å²) in [5, 5.41) is 5.04. The second-order valence-electron chi connectivity index (χ2n) is 30.7. The molecular weight excluding hydrogens is 1450 g/mol. The van der Waals surface area contributed by atoms with E-state index in [9.17, 15) is 0 Å². The van der Waals surface area contributed by atoms with E-state index in [-0.39, 0.29) is 0 Å². The highest BCUT2D eigenvalue weighted by molar-refractivity contribution is 5.93. The van der Waals surface area contributed by atoms with Crippen molar-refractivity contribution in [3.05, 3.63) is 507 Å². The van der Waals surface area contributed by atoms with Crippen molar-refractivity contribution >= 4 is 89.8 Å². The van der Waals surface area contributed by atoms with Crippen LogP contribution in [0.5, 0.6) is 0 Å². The third-order valence-corrected chi connectivity index (χ3v) is 21.8. The summed E-state index contributed by atoms with van der Waals surface area (Å²) in [6.45, 7) is 12.8. The molecule has 0 unspecified atom stereocenters. The second kappa shape index (κ2) is 37.7. The minimum Gasteiger partial charge on any atom is -0.310 e. The number of fused-ring (bicyclic) bond motifs is 2. The van der Waals surface area contributed by atoms with Crippen LogP contribution in [0.25, 0.3) is 77.2 Å². The maximum absolute atomic E-state index is 2.34. The van der Waals surface area contributed by atoms with Crippen LogP contribution in [0.15, 0.2) is 473 Å². The van der Waals surface area contributed by atoms with Crippen LogP contribution in [0.3, 0.4) is 0 Å². The molecule has 19 aromatic rings. The normalized spacial score (nSPS) is 10.8. The number of benzene rings is 19. The fourth-order valence-corrected chi connectivity index (χ4v) is 15.4. The number of anilines is 12. The van der Waals surface area contributed by atoms with E-state index in [1.807, 2.05) is 0 Å². The van der Waals surface area contributed by atoms with Crippen LogP contribution >= 0.6 is 0 Å². The Bertz CT molecular complexity index is 6310. The lowest BCUT2D eigenvalue weighted by Crippen LogP contribution is -2.10. The number of aryl methyl sites for hydroxylation is 6. The Hall–Kier alpha value is -15.1. The van der Waals surface area contributed by atoms with Crippen LogP contribution in [0.1, 0.15) is 33.4 Å². The van der Waals surface area contributed by atoms with Crippen molar-refractivity contribution in [3.63, 3.8) is 0 Å². The molecule has 0 saturated heterocycles. The van der Waals surface area contributed by atoms with E-state index in [1.165, 1.54) is 128 Å². The summed E-state index contributed by atoms with van der Waals surface area (Å²) in [4.78, 5) is 9.28. The first-order valence-corrected chi connectivity index (χ1v) is 41.2. The average Bonchev–Trinajstić information content (AvgIpc) is 0.796. The zero-order chi connectivity index (χ0) is 81.9. The molecule has 0 spiro atoms.